The SMILES string of the molecule is O=[N+]([O-])c1cc([N+](=O)[O-])c(Nc2c(C(F)(F)F)cc(Cl)c(C(F)(F)F)c2Br)c(C(F)(F)F)c1. The van der Waals surface area contributed by atoms with Crippen molar-refractivity contribution in [3.05, 3.63) is 64.6 Å². The summed E-state index contributed by atoms with van der Waals surface area (Å²) in [6.07, 6.45) is -16.5. The Hall–Kier alpha value is -2.82. The van der Waals surface area contributed by atoms with E-state index in [1.807, 2.05) is 0 Å². The predicted molar refractivity (Wildman–Crippen MR) is 97.2 cm³/mol. The summed E-state index contributed by atoms with van der Waals surface area (Å²) in [6.45, 7) is 0. The minimum Gasteiger partial charge on any atom is -0.348 e. The Morgan fingerprint density at radius 1 is 0.788 bits per heavy atom. The van der Waals surface area contributed by atoms with Gasteiger partial charge in [-0.1, -0.05) is 11.6 Å². The van der Waals surface area contributed by atoms with Gasteiger partial charge in [-0.15, -0.1) is 0 Å². The first-order valence-electron chi connectivity index (χ1n) is 7.74. The molecule has 2 rings (SSSR count). The molecule has 2 aromatic carbocycles. The molecule has 0 aliphatic carbocycles. The highest BCUT2D eigenvalue weighted by molar-refractivity contribution is 9.10. The Bertz CT molecular complexity index is 1150. The molecule has 0 aromatic heterocycles. The second-order valence-electron chi connectivity index (χ2n) is 5.99. The second kappa shape index (κ2) is 8.51. The van der Waals surface area contributed by atoms with Crippen LogP contribution in [0.1, 0.15) is 16.7 Å². The van der Waals surface area contributed by atoms with Gasteiger partial charge in [-0.3, -0.25) is 20.2 Å². The van der Waals surface area contributed by atoms with Gasteiger partial charge in [0.1, 0.15) is 5.69 Å². The molecule has 7 nitrogen and oxygen atoms in total. The molecule has 33 heavy (non-hydrogen) atoms. The molecule has 0 fully saturated rings. The van der Waals surface area contributed by atoms with Gasteiger partial charge < -0.3 is 5.32 Å². The van der Waals surface area contributed by atoms with Crippen molar-refractivity contribution in [1.29, 1.82) is 0 Å². The summed E-state index contributed by atoms with van der Waals surface area (Å²) in [5.41, 5.74) is -12.7. The zero-order chi connectivity index (χ0) is 25.7. The molecule has 180 valence electrons. The number of non-ortho nitro benzene ring substituents is 1. The zero-order valence-electron chi connectivity index (χ0n) is 14.9. The van der Waals surface area contributed by atoms with Crippen molar-refractivity contribution in [1.82, 2.24) is 0 Å². The molecular formula is C15H4BrClF9N3O4. The molecule has 0 heterocycles. The van der Waals surface area contributed by atoms with Crippen LogP contribution >= 0.6 is 27.5 Å². The fraction of sp³-hybridized carbons (Fsp3) is 0.200. The molecule has 0 bridgehead atoms. The number of anilines is 2. The number of rotatable bonds is 4. The summed E-state index contributed by atoms with van der Waals surface area (Å²) in [5, 5.41) is 22.0. The molecule has 0 spiro atoms. The molecule has 0 aliphatic heterocycles. The number of alkyl halides is 9. The van der Waals surface area contributed by atoms with Crippen LogP contribution in [0.25, 0.3) is 0 Å². The van der Waals surface area contributed by atoms with E-state index in [4.69, 9.17) is 11.6 Å². The van der Waals surface area contributed by atoms with E-state index < -0.39 is 77.3 Å². The van der Waals surface area contributed by atoms with Gasteiger partial charge in [0.15, 0.2) is 0 Å². The molecule has 0 aliphatic rings. The first-order valence-corrected chi connectivity index (χ1v) is 8.91. The number of halogens is 11. The maximum absolute atomic E-state index is 13.5. The zero-order valence-corrected chi connectivity index (χ0v) is 17.3. The fourth-order valence-corrected chi connectivity index (χ4v) is 3.74. The number of hydrogen-bond donors (Lipinski definition) is 1. The van der Waals surface area contributed by atoms with Crippen LogP contribution in [0.15, 0.2) is 22.7 Å². The molecule has 0 saturated carbocycles. The summed E-state index contributed by atoms with van der Waals surface area (Å²) in [6, 6.07) is -0.460. The third-order valence-corrected chi connectivity index (χ3v) is 4.96. The molecule has 18 heteroatoms. The first-order chi connectivity index (χ1) is 14.8. The highest BCUT2D eigenvalue weighted by Crippen LogP contribution is 2.51. The number of benzene rings is 2. The quantitative estimate of drug-likeness (QED) is 0.228. The van der Waals surface area contributed by atoms with Gasteiger partial charge in [0.05, 0.1) is 47.8 Å². The van der Waals surface area contributed by atoms with E-state index >= 15 is 0 Å². The molecule has 1 N–H and O–H groups in total. The van der Waals surface area contributed by atoms with Crippen molar-refractivity contribution in [2.24, 2.45) is 0 Å². The average Bonchev–Trinajstić information content (AvgIpc) is 2.60. The highest BCUT2D eigenvalue weighted by Gasteiger charge is 2.44. The van der Waals surface area contributed by atoms with Gasteiger partial charge in [-0.2, -0.15) is 39.5 Å². The fourth-order valence-electron chi connectivity index (χ4n) is 2.57. The lowest BCUT2D eigenvalue weighted by Gasteiger charge is -2.22. The highest BCUT2D eigenvalue weighted by atomic mass is 79.9. The number of nitro benzene ring substituents is 2. The van der Waals surface area contributed by atoms with Crippen LogP contribution < -0.4 is 5.32 Å². The van der Waals surface area contributed by atoms with Crippen molar-refractivity contribution in [3.63, 3.8) is 0 Å². The number of hydrogen-bond acceptors (Lipinski definition) is 5. The van der Waals surface area contributed by atoms with Crippen LogP contribution in [-0.4, -0.2) is 9.85 Å². The van der Waals surface area contributed by atoms with Crippen LogP contribution in [0.3, 0.4) is 0 Å². The molecule has 0 saturated heterocycles. The van der Waals surface area contributed by atoms with Gasteiger partial charge in [-0.25, -0.2) is 0 Å². The minimum atomic E-state index is -5.61. The monoisotopic (exact) mass is 575 g/mol. The van der Waals surface area contributed by atoms with E-state index in [2.05, 4.69) is 15.9 Å². The van der Waals surface area contributed by atoms with Crippen LogP contribution in [0.5, 0.6) is 0 Å². The van der Waals surface area contributed by atoms with Crippen molar-refractivity contribution < 1.29 is 49.4 Å². The van der Waals surface area contributed by atoms with Crippen molar-refractivity contribution in [2.75, 3.05) is 5.32 Å². The molecule has 0 amide bonds. The summed E-state index contributed by atoms with van der Waals surface area (Å²) >= 11 is 7.52. The molecular weight excluding hydrogens is 573 g/mol. The summed E-state index contributed by atoms with van der Waals surface area (Å²) in [4.78, 5) is 19.1. The lowest BCUT2D eigenvalue weighted by Crippen LogP contribution is -2.17. The topological polar surface area (TPSA) is 98.3 Å². The third kappa shape index (κ3) is 5.40. The van der Waals surface area contributed by atoms with Gasteiger partial charge in [0.2, 0.25) is 0 Å². The van der Waals surface area contributed by atoms with E-state index in [9.17, 15) is 59.7 Å². The molecule has 0 radical (unpaired) electrons. The lowest BCUT2D eigenvalue weighted by atomic mass is 10.0. The second-order valence-corrected chi connectivity index (χ2v) is 7.19. The van der Waals surface area contributed by atoms with Gasteiger partial charge in [-0.05, 0) is 22.0 Å². The van der Waals surface area contributed by atoms with Crippen LogP contribution in [0, 0.1) is 20.2 Å². The van der Waals surface area contributed by atoms with Gasteiger partial charge in [0.25, 0.3) is 11.4 Å². The average molecular weight is 577 g/mol. The first kappa shape index (κ1) is 26.4. The standard InChI is InChI=1S/C15H4BrClF9N3O4/c16-10-9(15(24,25)26)7(17)3-6(14(21,22)23)12(10)27-11-5(13(18,19)20)1-4(28(30)31)2-8(11)29(32)33/h1-3,27H. The Labute approximate surface area is 188 Å². The maximum atomic E-state index is 13.5. The third-order valence-electron chi connectivity index (χ3n) is 3.87. The van der Waals surface area contributed by atoms with Gasteiger partial charge >= 0.3 is 18.5 Å². The normalized spacial score (nSPS) is 12.6. The summed E-state index contributed by atoms with van der Waals surface area (Å²) in [5.74, 6) is 0. The Morgan fingerprint density at radius 2 is 1.27 bits per heavy atom. The van der Waals surface area contributed by atoms with Crippen molar-refractivity contribution in [2.45, 2.75) is 18.5 Å². The van der Waals surface area contributed by atoms with Crippen molar-refractivity contribution in [3.8, 4) is 0 Å². The smallest absolute Gasteiger partial charge is 0.348 e. The maximum Gasteiger partial charge on any atom is 0.419 e. The Morgan fingerprint density at radius 3 is 1.67 bits per heavy atom. The Kier molecular flexibility index (Phi) is 6.82. The molecule has 0 atom stereocenters. The largest absolute Gasteiger partial charge is 0.419 e. The summed E-state index contributed by atoms with van der Waals surface area (Å²) in [7, 11) is 0. The van der Waals surface area contributed by atoms with E-state index in [1.54, 1.807) is 0 Å². The van der Waals surface area contributed by atoms with Crippen LogP contribution in [-0.2, 0) is 18.5 Å². The van der Waals surface area contributed by atoms with E-state index in [0.29, 0.717) is 0 Å². The van der Waals surface area contributed by atoms with E-state index in [0.717, 1.165) is 0 Å². The molecule has 2 aromatic rings. The number of nitrogens with one attached hydrogen (secondary N) is 1. The van der Waals surface area contributed by atoms with E-state index in [1.165, 1.54) is 5.32 Å². The summed E-state index contributed by atoms with van der Waals surface area (Å²) < 4.78 is 119. The number of nitro groups is 2. The predicted octanol–water partition coefficient (Wildman–Crippen LogP) is 7.72. The number of nitrogens with zero attached hydrogens (tertiary/aromatic N) is 2. The van der Waals surface area contributed by atoms with Crippen molar-refractivity contribution >= 4 is 50.3 Å². The minimum absolute atomic E-state index is 0.000667. The lowest BCUT2D eigenvalue weighted by molar-refractivity contribution is -0.394. The Balaban J connectivity index is 3.01. The van der Waals surface area contributed by atoms with Gasteiger partial charge in [0, 0.05) is 6.07 Å². The van der Waals surface area contributed by atoms with E-state index in [-0.39, 0.29) is 18.2 Å². The van der Waals surface area contributed by atoms with Crippen LogP contribution in [0.4, 0.5) is 62.3 Å². The van der Waals surface area contributed by atoms with Crippen LogP contribution in [0.2, 0.25) is 5.02 Å². The molecule has 0 unspecified atom stereocenters.